The molecule has 0 aromatic heterocycles. The van der Waals surface area contributed by atoms with Crippen molar-refractivity contribution in [2.45, 2.75) is 51.5 Å². The Balaban J connectivity index is 2.22. The maximum absolute atomic E-state index is 6.74. The van der Waals surface area contributed by atoms with Crippen LogP contribution in [0.4, 0.5) is 0 Å². The summed E-state index contributed by atoms with van der Waals surface area (Å²) < 4.78 is 5.50. The fourth-order valence-electron chi connectivity index (χ4n) is 3.38. The molecule has 2 nitrogen and oxygen atoms in total. The van der Waals surface area contributed by atoms with Gasteiger partial charge in [-0.3, -0.25) is 0 Å². The van der Waals surface area contributed by atoms with Crippen molar-refractivity contribution in [3.05, 3.63) is 29.8 Å². The molecular weight excluding hydrogens is 234 g/mol. The van der Waals surface area contributed by atoms with E-state index >= 15 is 0 Å². The van der Waals surface area contributed by atoms with Crippen molar-refractivity contribution in [2.75, 3.05) is 7.11 Å². The van der Waals surface area contributed by atoms with Gasteiger partial charge >= 0.3 is 0 Å². The minimum atomic E-state index is -0.212. The molecule has 2 rings (SSSR count). The Bertz CT molecular complexity index is 415. The maximum atomic E-state index is 6.74. The van der Waals surface area contributed by atoms with Gasteiger partial charge in [0.05, 0.1) is 7.11 Å². The number of ether oxygens (including phenoxy) is 1. The first-order chi connectivity index (χ1) is 9.07. The van der Waals surface area contributed by atoms with Crippen LogP contribution in [0.15, 0.2) is 24.3 Å². The second-order valence-corrected chi connectivity index (χ2v) is 6.29. The van der Waals surface area contributed by atoms with Crippen LogP contribution in [-0.4, -0.2) is 7.11 Å². The summed E-state index contributed by atoms with van der Waals surface area (Å²) in [6.45, 7) is 4.66. The van der Waals surface area contributed by atoms with Gasteiger partial charge in [0.25, 0.3) is 0 Å². The number of benzene rings is 1. The molecule has 1 aromatic rings. The van der Waals surface area contributed by atoms with E-state index in [4.69, 9.17) is 10.5 Å². The van der Waals surface area contributed by atoms with E-state index in [1.165, 1.54) is 24.8 Å². The Kier molecular flexibility index (Phi) is 4.51. The van der Waals surface area contributed by atoms with Crippen LogP contribution in [0.2, 0.25) is 0 Å². The van der Waals surface area contributed by atoms with E-state index in [0.717, 1.165) is 30.4 Å². The Morgan fingerprint density at radius 1 is 1.21 bits per heavy atom. The molecule has 0 spiro atoms. The number of methoxy groups -OCH3 is 1. The molecule has 2 N–H and O–H groups in total. The average Bonchev–Trinajstić information content (AvgIpc) is 2.62. The van der Waals surface area contributed by atoms with Gasteiger partial charge in [0.15, 0.2) is 0 Å². The van der Waals surface area contributed by atoms with Gasteiger partial charge in [-0.1, -0.05) is 44.9 Å². The van der Waals surface area contributed by atoms with Gasteiger partial charge in [0.2, 0.25) is 0 Å². The molecule has 0 aliphatic heterocycles. The highest BCUT2D eigenvalue weighted by atomic mass is 16.5. The van der Waals surface area contributed by atoms with E-state index in [2.05, 4.69) is 26.0 Å². The molecule has 1 aliphatic rings. The lowest BCUT2D eigenvalue weighted by molar-refractivity contribution is 0.318. The first-order valence-electron chi connectivity index (χ1n) is 7.49. The zero-order valence-electron chi connectivity index (χ0n) is 12.5. The van der Waals surface area contributed by atoms with Gasteiger partial charge in [-0.05, 0) is 37.2 Å². The van der Waals surface area contributed by atoms with Gasteiger partial charge in [-0.2, -0.15) is 0 Å². The molecule has 0 bridgehead atoms. The third kappa shape index (κ3) is 3.11. The largest absolute Gasteiger partial charge is 0.496 e. The molecule has 1 fully saturated rings. The lowest BCUT2D eigenvalue weighted by atomic mass is 9.82. The highest BCUT2D eigenvalue weighted by Crippen LogP contribution is 2.41. The van der Waals surface area contributed by atoms with Crippen LogP contribution in [0.25, 0.3) is 0 Å². The predicted octanol–water partition coefficient (Wildman–Crippen LogP) is 4.09. The number of rotatable bonds is 3. The van der Waals surface area contributed by atoms with E-state index < -0.39 is 0 Å². The lowest BCUT2D eigenvalue weighted by Gasteiger charge is -2.30. The molecule has 1 aromatic carbocycles. The van der Waals surface area contributed by atoms with Crippen LogP contribution < -0.4 is 10.5 Å². The Labute approximate surface area is 117 Å². The van der Waals surface area contributed by atoms with Crippen LogP contribution in [0.5, 0.6) is 5.75 Å². The van der Waals surface area contributed by atoms with E-state index in [9.17, 15) is 0 Å². The van der Waals surface area contributed by atoms with Crippen molar-refractivity contribution >= 4 is 0 Å². The van der Waals surface area contributed by atoms with Crippen molar-refractivity contribution < 1.29 is 4.74 Å². The number of hydrogen-bond acceptors (Lipinski definition) is 2. The summed E-state index contributed by atoms with van der Waals surface area (Å²) in [5.41, 5.74) is 7.71. The normalized spacial score (nSPS) is 28.2. The minimum Gasteiger partial charge on any atom is -0.496 e. The second-order valence-electron chi connectivity index (χ2n) is 6.29. The van der Waals surface area contributed by atoms with Gasteiger partial charge < -0.3 is 10.5 Å². The topological polar surface area (TPSA) is 35.2 Å². The van der Waals surface area contributed by atoms with E-state index in [1.54, 1.807) is 7.11 Å². The second kappa shape index (κ2) is 5.96. The smallest absolute Gasteiger partial charge is 0.123 e. The molecule has 0 heterocycles. The third-order valence-electron chi connectivity index (χ3n) is 4.75. The SMILES string of the molecule is COc1ccccc1C1(N)CCCC(C(C)C)CC1. The highest BCUT2D eigenvalue weighted by molar-refractivity contribution is 5.39. The molecule has 2 atom stereocenters. The highest BCUT2D eigenvalue weighted by Gasteiger charge is 2.33. The predicted molar refractivity (Wildman–Crippen MR) is 80.3 cm³/mol. The van der Waals surface area contributed by atoms with Crippen LogP contribution in [0.3, 0.4) is 0 Å². The molecule has 2 heteroatoms. The summed E-state index contributed by atoms with van der Waals surface area (Å²) in [6.07, 6.45) is 5.89. The van der Waals surface area contributed by atoms with Gasteiger partial charge in [-0.15, -0.1) is 0 Å². The summed E-state index contributed by atoms with van der Waals surface area (Å²) >= 11 is 0. The molecule has 1 aliphatic carbocycles. The average molecular weight is 261 g/mol. The van der Waals surface area contributed by atoms with Crippen molar-refractivity contribution in [2.24, 2.45) is 17.6 Å². The molecule has 1 saturated carbocycles. The van der Waals surface area contributed by atoms with Crippen molar-refractivity contribution in [3.63, 3.8) is 0 Å². The number of nitrogens with two attached hydrogens (primary N) is 1. The fourth-order valence-corrected chi connectivity index (χ4v) is 3.38. The zero-order chi connectivity index (χ0) is 13.9. The Morgan fingerprint density at radius 2 is 1.95 bits per heavy atom. The van der Waals surface area contributed by atoms with Crippen LogP contribution in [0.1, 0.15) is 51.5 Å². The molecule has 2 unspecified atom stereocenters. The molecule has 106 valence electrons. The standard InChI is InChI=1S/C17H27NO/c1-13(2)14-7-6-11-17(18,12-10-14)15-8-4-5-9-16(15)19-3/h4-5,8-9,13-14H,6-7,10-12,18H2,1-3H3. The van der Waals surface area contributed by atoms with Gasteiger partial charge in [0, 0.05) is 11.1 Å². The van der Waals surface area contributed by atoms with Crippen LogP contribution in [0, 0.1) is 11.8 Å². The minimum absolute atomic E-state index is 0.212. The summed E-state index contributed by atoms with van der Waals surface area (Å²) in [4.78, 5) is 0. The summed E-state index contributed by atoms with van der Waals surface area (Å²) in [5, 5.41) is 0. The summed E-state index contributed by atoms with van der Waals surface area (Å²) in [7, 11) is 1.73. The van der Waals surface area contributed by atoms with E-state index in [-0.39, 0.29) is 5.54 Å². The summed E-state index contributed by atoms with van der Waals surface area (Å²) in [6, 6.07) is 8.24. The summed E-state index contributed by atoms with van der Waals surface area (Å²) in [5.74, 6) is 2.52. The van der Waals surface area contributed by atoms with Gasteiger partial charge in [-0.25, -0.2) is 0 Å². The van der Waals surface area contributed by atoms with Crippen molar-refractivity contribution in [3.8, 4) is 5.75 Å². The lowest BCUT2D eigenvalue weighted by Crippen LogP contribution is -2.36. The molecule has 0 amide bonds. The first kappa shape index (κ1) is 14.4. The molecule has 0 saturated heterocycles. The molecule has 19 heavy (non-hydrogen) atoms. The maximum Gasteiger partial charge on any atom is 0.123 e. The number of para-hydroxylation sites is 1. The van der Waals surface area contributed by atoms with Crippen LogP contribution >= 0.6 is 0 Å². The van der Waals surface area contributed by atoms with Crippen molar-refractivity contribution in [1.29, 1.82) is 0 Å². The fraction of sp³-hybridized carbons (Fsp3) is 0.647. The first-order valence-corrected chi connectivity index (χ1v) is 7.49. The van der Waals surface area contributed by atoms with E-state index in [1.807, 2.05) is 12.1 Å². The van der Waals surface area contributed by atoms with E-state index in [0.29, 0.717) is 0 Å². The van der Waals surface area contributed by atoms with Crippen molar-refractivity contribution in [1.82, 2.24) is 0 Å². The molecular formula is C17H27NO. The van der Waals surface area contributed by atoms with Gasteiger partial charge in [0.1, 0.15) is 5.75 Å². The Morgan fingerprint density at radius 3 is 2.63 bits per heavy atom. The van der Waals surface area contributed by atoms with Crippen LogP contribution in [-0.2, 0) is 5.54 Å². The quantitative estimate of drug-likeness (QED) is 0.832. The zero-order valence-corrected chi connectivity index (χ0v) is 12.5. The molecule has 0 radical (unpaired) electrons. The monoisotopic (exact) mass is 261 g/mol. The number of hydrogen-bond donors (Lipinski definition) is 1. The Hall–Kier alpha value is -1.02. The third-order valence-corrected chi connectivity index (χ3v) is 4.75.